The lowest BCUT2D eigenvalue weighted by molar-refractivity contribution is 0.189. The Hall–Kier alpha value is -2.97. The van der Waals surface area contributed by atoms with Crippen molar-refractivity contribution < 1.29 is 36.5 Å². The van der Waals surface area contributed by atoms with Crippen LogP contribution in [0.1, 0.15) is 67.4 Å². The molecular formula is C29H27F5O3. The molecule has 0 aromatic heterocycles. The third kappa shape index (κ3) is 5.22. The third-order valence-electron chi connectivity index (χ3n) is 7.39. The Labute approximate surface area is 211 Å². The molecule has 0 amide bonds. The fourth-order valence-corrected chi connectivity index (χ4v) is 5.11. The van der Waals surface area contributed by atoms with E-state index in [0.29, 0.717) is 37.9 Å². The van der Waals surface area contributed by atoms with Crippen LogP contribution in [0.25, 0.3) is 11.1 Å². The molecule has 1 saturated carbocycles. The van der Waals surface area contributed by atoms with Crippen LogP contribution in [-0.2, 0) is 4.74 Å². The maximum absolute atomic E-state index is 14.7. The fourth-order valence-electron chi connectivity index (χ4n) is 5.11. The first-order chi connectivity index (χ1) is 17.7. The number of hydrogen-bond donors (Lipinski definition) is 1. The largest absolute Gasteiger partial charge is 0.490 e. The molecule has 8 heteroatoms. The van der Waals surface area contributed by atoms with Crippen LogP contribution in [0.5, 0.6) is 5.75 Å². The van der Waals surface area contributed by atoms with Crippen molar-refractivity contribution in [2.75, 3.05) is 13.2 Å². The zero-order chi connectivity index (χ0) is 26.3. The quantitative estimate of drug-likeness (QED) is 0.260. The highest BCUT2D eigenvalue weighted by molar-refractivity contribution is 5.66. The van der Waals surface area contributed by atoms with E-state index >= 15 is 0 Å². The van der Waals surface area contributed by atoms with Crippen LogP contribution in [-0.4, -0.2) is 18.3 Å². The van der Waals surface area contributed by atoms with Gasteiger partial charge in [-0.1, -0.05) is 30.3 Å². The molecule has 1 N–H and O–H groups in total. The number of hydrogen-bond acceptors (Lipinski definition) is 3. The van der Waals surface area contributed by atoms with Gasteiger partial charge in [-0.3, -0.25) is 0 Å². The van der Waals surface area contributed by atoms with Gasteiger partial charge in [-0.15, -0.1) is 0 Å². The molecule has 1 aliphatic carbocycles. The van der Waals surface area contributed by atoms with Gasteiger partial charge < -0.3 is 14.6 Å². The van der Waals surface area contributed by atoms with E-state index in [1.54, 1.807) is 6.07 Å². The number of rotatable bonds is 7. The van der Waals surface area contributed by atoms with Crippen LogP contribution in [0.2, 0.25) is 0 Å². The first-order valence-corrected chi connectivity index (χ1v) is 12.4. The van der Waals surface area contributed by atoms with Gasteiger partial charge in [0.25, 0.3) is 0 Å². The fraction of sp³-hybridized carbons (Fsp3) is 0.379. The van der Waals surface area contributed by atoms with Crippen molar-refractivity contribution in [3.63, 3.8) is 0 Å². The molecule has 1 heterocycles. The predicted molar refractivity (Wildman–Crippen MR) is 128 cm³/mol. The van der Waals surface area contributed by atoms with Crippen molar-refractivity contribution in [3.05, 3.63) is 88.2 Å². The highest BCUT2D eigenvalue weighted by atomic mass is 19.2. The van der Waals surface area contributed by atoms with Gasteiger partial charge in [-0.05, 0) is 67.7 Å². The van der Waals surface area contributed by atoms with Crippen molar-refractivity contribution in [1.29, 1.82) is 0 Å². The summed E-state index contributed by atoms with van der Waals surface area (Å²) in [5, 5.41) is 9.58. The molecule has 0 radical (unpaired) electrons. The third-order valence-corrected chi connectivity index (χ3v) is 7.39. The molecule has 1 saturated heterocycles. The lowest BCUT2D eigenvalue weighted by Gasteiger charge is -2.29. The maximum atomic E-state index is 14.7. The highest BCUT2D eigenvalue weighted by Crippen LogP contribution is 2.39. The molecule has 5 rings (SSSR count). The van der Waals surface area contributed by atoms with Crippen LogP contribution in [0.3, 0.4) is 0 Å². The van der Waals surface area contributed by atoms with Crippen molar-refractivity contribution in [2.45, 2.75) is 50.7 Å². The van der Waals surface area contributed by atoms with Crippen LogP contribution in [0.4, 0.5) is 22.0 Å². The standard InChI is InChI=1S/C29H27F5O3/c1-15(35)19-7-8-20(27(32)26(19)31)17-4-2-16(3-5-17)13-36-24-11-6-18(12-23(24)30)21-9-10-22(25-14-37-25)29(34)28(21)33/h6-12,15-17,25,35H,2-5,13-14H2,1H3. The molecule has 2 atom stereocenters. The van der Waals surface area contributed by atoms with E-state index in [2.05, 4.69) is 0 Å². The number of halogens is 5. The Kier molecular flexibility index (Phi) is 7.23. The van der Waals surface area contributed by atoms with Crippen LogP contribution in [0, 0.1) is 35.0 Å². The van der Waals surface area contributed by atoms with Crippen molar-refractivity contribution in [1.82, 2.24) is 0 Å². The normalized spacial score (nSPS) is 22.1. The first kappa shape index (κ1) is 25.7. The number of aliphatic hydroxyl groups is 1. The molecule has 2 fully saturated rings. The molecule has 3 aromatic rings. The van der Waals surface area contributed by atoms with Crippen LogP contribution in [0.15, 0.2) is 42.5 Å². The maximum Gasteiger partial charge on any atom is 0.167 e. The second-order valence-corrected chi connectivity index (χ2v) is 9.87. The van der Waals surface area contributed by atoms with E-state index in [1.807, 2.05) is 0 Å². The second-order valence-electron chi connectivity index (χ2n) is 9.87. The molecule has 3 nitrogen and oxygen atoms in total. The Morgan fingerprint density at radius 3 is 2.19 bits per heavy atom. The topological polar surface area (TPSA) is 42.0 Å². The van der Waals surface area contributed by atoms with Gasteiger partial charge in [0.15, 0.2) is 34.8 Å². The summed E-state index contributed by atoms with van der Waals surface area (Å²) in [5.74, 6) is -4.65. The molecule has 3 aromatic carbocycles. The second kappa shape index (κ2) is 10.4. The monoisotopic (exact) mass is 518 g/mol. The molecule has 0 bridgehead atoms. The van der Waals surface area contributed by atoms with E-state index in [9.17, 15) is 27.1 Å². The van der Waals surface area contributed by atoms with E-state index in [-0.39, 0.29) is 46.4 Å². The number of ether oxygens (including phenoxy) is 2. The summed E-state index contributed by atoms with van der Waals surface area (Å²) in [5.41, 5.74) is 0.552. The minimum atomic E-state index is -1.09. The van der Waals surface area contributed by atoms with Crippen molar-refractivity contribution in [3.8, 4) is 16.9 Å². The van der Waals surface area contributed by atoms with Gasteiger partial charge in [0.1, 0.15) is 6.10 Å². The van der Waals surface area contributed by atoms with Crippen molar-refractivity contribution in [2.24, 2.45) is 5.92 Å². The Balaban J connectivity index is 1.19. The molecule has 37 heavy (non-hydrogen) atoms. The molecule has 1 aliphatic heterocycles. The van der Waals surface area contributed by atoms with Gasteiger partial charge >= 0.3 is 0 Å². The number of benzene rings is 3. The summed E-state index contributed by atoms with van der Waals surface area (Å²) in [6, 6.07) is 9.83. The predicted octanol–water partition coefficient (Wildman–Crippen LogP) is 7.53. The van der Waals surface area contributed by atoms with E-state index in [0.717, 1.165) is 6.07 Å². The zero-order valence-electron chi connectivity index (χ0n) is 20.2. The SMILES string of the molecule is CC(O)c1ccc(C2CCC(COc3ccc(-c4ccc(C5CO5)c(F)c4F)cc3F)CC2)c(F)c1F. The van der Waals surface area contributed by atoms with Crippen molar-refractivity contribution >= 4 is 0 Å². The van der Waals surface area contributed by atoms with E-state index < -0.39 is 41.3 Å². The van der Waals surface area contributed by atoms with Gasteiger partial charge in [0.05, 0.1) is 19.3 Å². The van der Waals surface area contributed by atoms with Gasteiger partial charge in [-0.2, -0.15) is 0 Å². The molecule has 0 spiro atoms. The highest BCUT2D eigenvalue weighted by Gasteiger charge is 2.31. The van der Waals surface area contributed by atoms with Crippen LogP contribution >= 0.6 is 0 Å². The van der Waals surface area contributed by atoms with Gasteiger partial charge in [0, 0.05) is 16.7 Å². The van der Waals surface area contributed by atoms with Gasteiger partial charge in [0.2, 0.25) is 0 Å². The number of epoxide rings is 1. The first-order valence-electron chi connectivity index (χ1n) is 12.4. The molecule has 196 valence electrons. The Morgan fingerprint density at radius 1 is 0.865 bits per heavy atom. The molecule has 2 unspecified atom stereocenters. The summed E-state index contributed by atoms with van der Waals surface area (Å²) in [6.07, 6.45) is 1.14. The summed E-state index contributed by atoms with van der Waals surface area (Å²) in [6.45, 7) is 1.99. The summed E-state index contributed by atoms with van der Waals surface area (Å²) < 4.78 is 83.2. The average molecular weight is 519 g/mol. The molecule has 2 aliphatic rings. The molecular weight excluding hydrogens is 491 g/mol. The smallest absolute Gasteiger partial charge is 0.167 e. The van der Waals surface area contributed by atoms with E-state index in [1.165, 1.54) is 37.3 Å². The summed E-state index contributed by atoms with van der Waals surface area (Å²) >= 11 is 0. The minimum absolute atomic E-state index is 0.0107. The number of aliphatic hydroxyl groups excluding tert-OH is 1. The average Bonchev–Trinajstić information content (AvgIpc) is 3.72. The lowest BCUT2D eigenvalue weighted by Crippen LogP contribution is -2.20. The summed E-state index contributed by atoms with van der Waals surface area (Å²) in [7, 11) is 0. The van der Waals surface area contributed by atoms with E-state index in [4.69, 9.17) is 9.47 Å². The minimum Gasteiger partial charge on any atom is -0.490 e. The zero-order valence-corrected chi connectivity index (χ0v) is 20.2. The Bertz CT molecular complexity index is 1300. The van der Waals surface area contributed by atoms with Gasteiger partial charge in [-0.25, -0.2) is 22.0 Å². The Morgan fingerprint density at radius 2 is 1.54 bits per heavy atom. The lowest BCUT2D eigenvalue weighted by atomic mass is 9.78. The summed E-state index contributed by atoms with van der Waals surface area (Å²) in [4.78, 5) is 0. The van der Waals surface area contributed by atoms with Crippen LogP contribution < -0.4 is 4.74 Å².